The van der Waals surface area contributed by atoms with E-state index in [1.54, 1.807) is 36.4 Å². The Bertz CT molecular complexity index is 707. The molecule has 0 unspecified atom stereocenters. The summed E-state index contributed by atoms with van der Waals surface area (Å²) < 4.78 is 0. The van der Waals surface area contributed by atoms with E-state index in [4.69, 9.17) is 11.5 Å². The summed E-state index contributed by atoms with van der Waals surface area (Å²) in [6.07, 6.45) is 3.57. The van der Waals surface area contributed by atoms with E-state index in [1.165, 1.54) is 12.4 Å². The summed E-state index contributed by atoms with van der Waals surface area (Å²) in [4.78, 5) is 24.9. The molecule has 0 aliphatic carbocycles. The zero-order valence-electron chi connectivity index (χ0n) is 12.7. The van der Waals surface area contributed by atoms with Gasteiger partial charge in [0.25, 0.3) is 0 Å². The lowest BCUT2D eigenvalue weighted by Crippen LogP contribution is -1.88. The van der Waals surface area contributed by atoms with Gasteiger partial charge in [0.1, 0.15) is 12.5 Å². The third kappa shape index (κ3) is 7.36. The average Bonchev–Trinajstić information content (AvgIpc) is 3.14. The van der Waals surface area contributed by atoms with Crippen LogP contribution in [0.3, 0.4) is 0 Å². The molecule has 3 aromatic rings. The van der Waals surface area contributed by atoms with Crippen molar-refractivity contribution in [1.82, 2.24) is 9.97 Å². The number of benzene rings is 2. The number of imidazole rings is 1. The van der Waals surface area contributed by atoms with Crippen molar-refractivity contribution in [3.05, 3.63) is 82.7 Å². The predicted molar refractivity (Wildman–Crippen MR) is 92.3 cm³/mol. The number of H-pyrrole nitrogens is 1. The number of hydrogen-bond acceptors (Lipinski definition) is 6. The number of carbonyl (C=O) groups excluding carboxylic acids is 1. The van der Waals surface area contributed by atoms with Crippen LogP contribution >= 0.6 is 0 Å². The third-order valence-corrected chi connectivity index (χ3v) is 2.53. The van der Waals surface area contributed by atoms with Crippen molar-refractivity contribution in [2.75, 3.05) is 11.5 Å². The van der Waals surface area contributed by atoms with Gasteiger partial charge >= 0.3 is 5.95 Å². The molecule has 0 spiro atoms. The molecule has 5 N–H and O–H groups in total. The maximum absolute atomic E-state index is 10.0. The minimum atomic E-state index is -0.583. The third-order valence-electron chi connectivity index (χ3n) is 2.53. The number of aldehydes is 1. The Morgan fingerprint density at radius 2 is 1.54 bits per heavy atom. The normalized spacial score (nSPS) is 8.83. The fourth-order valence-corrected chi connectivity index (χ4v) is 1.38. The molecule has 8 nitrogen and oxygen atoms in total. The number of hydrogen-bond donors (Lipinski definition) is 3. The Kier molecular flexibility index (Phi) is 7.74. The lowest BCUT2D eigenvalue weighted by atomic mass is 10.2. The summed E-state index contributed by atoms with van der Waals surface area (Å²) in [5, 5.41) is 9.77. The molecule has 0 bridgehead atoms. The largest absolute Gasteiger partial charge is 0.432 e. The first kappa shape index (κ1) is 18.4. The molecule has 1 heterocycles. The van der Waals surface area contributed by atoms with Gasteiger partial charge in [-0.2, -0.15) is 0 Å². The van der Waals surface area contributed by atoms with Crippen molar-refractivity contribution in [2.24, 2.45) is 0 Å². The highest BCUT2D eigenvalue weighted by atomic mass is 16.6. The Labute approximate surface area is 138 Å². The van der Waals surface area contributed by atoms with Crippen molar-refractivity contribution in [1.29, 1.82) is 0 Å². The lowest BCUT2D eigenvalue weighted by molar-refractivity contribution is -0.393. The number of anilines is 2. The highest BCUT2D eigenvalue weighted by Crippen LogP contribution is 2.04. The molecule has 3 rings (SSSR count). The van der Waals surface area contributed by atoms with Gasteiger partial charge in [0.2, 0.25) is 0 Å². The second-order valence-electron chi connectivity index (χ2n) is 4.37. The van der Waals surface area contributed by atoms with Gasteiger partial charge in [0.05, 0.1) is 6.20 Å². The summed E-state index contributed by atoms with van der Waals surface area (Å²) in [6, 6.07) is 16.2. The molecule has 0 saturated heterocycles. The van der Waals surface area contributed by atoms with Gasteiger partial charge in [-0.25, -0.2) is 4.98 Å². The first-order valence-electron chi connectivity index (χ1n) is 6.78. The highest BCUT2D eigenvalue weighted by molar-refractivity contribution is 5.74. The van der Waals surface area contributed by atoms with Crippen molar-refractivity contribution in [3.8, 4) is 0 Å². The fourth-order valence-electron chi connectivity index (χ4n) is 1.38. The van der Waals surface area contributed by atoms with Crippen molar-refractivity contribution < 1.29 is 9.72 Å². The van der Waals surface area contributed by atoms with E-state index in [9.17, 15) is 14.9 Å². The molecule has 1 aromatic heterocycles. The molecule has 0 aliphatic heterocycles. The van der Waals surface area contributed by atoms with Gasteiger partial charge in [-0.15, -0.1) is 0 Å². The van der Waals surface area contributed by atoms with Crippen molar-refractivity contribution in [2.45, 2.75) is 0 Å². The fraction of sp³-hybridized carbons (Fsp3) is 0. The minimum Gasteiger partial charge on any atom is -0.399 e. The van der Waals surface area contributed by atoms with E-state index in [1.807, 2.05) is 18.2 Å². The van der Waals surface area contributed by atoms with Crippen LogP contribution in [0.15, 0.2) is 67.0 Å². The van der Waals surface area contributed by atoms with Crippen LogP contribution < -0.4 is 11.5 Å². The smallest absolute Gasteiger partial charge is 0.399 e. The number of nitrogens with two attached hydrogens (primary N) is 2. The number of nitro groups is 1. The number of nitrogens with zero attached hydrogens (tertiary/aromatic N) is 2. The van der Waals surface area contributed by atoms with Crippen LogP contribution in [0.25, 0.3) is 0 Å². The molecular formula is C16H17N5O3. The number of rotatable bonds is 2. The first-order chi connectivity index (χ1) is 11.5. The van der Waals surface area contributed by atoms with Crippen LogP contribution in [0.5, 0.6) is 0 Å². The topological polar surface area (TPSA) is 141 Å². The van der Waals surface area contributed by atoms with E-state index < -0.39 is 4.92 Å². The molecule has 0 aliphatic rings. The van der Waals surface area contributed by atoms with Crippen LogP contribution in [0.1, 0.15) is 10.4 Å². The monoisotopic (exact) mass is 327 g/mol. The zero-order valence-corrected chi connectivity index (χ0v) is 12.7. The standard InChI is InChI=1S/C7H6O.C6H8N2.C3H3N3O2/c8-6-7-4-2-1-3-5-7;7-5-1-2-6(8)4-3-5;7-6(8)3-4-1-2-5-3/h1-6H;1-4H,7-8H2;1-2H,(H,4,5). The molecule has 8 heteroatoms. The molecule has 0 radical (unpaired) electrons. The summed E-state index contributed by atoms with van der Waals surface area (Å²) in [6.45, 7) is 0. The van der Waals surface area contributed by atoms with E-state index in [-0.39, 0.29) is 5.95 Å². The van der Waals surface area contributed by atoms with Crippen LogP contribution in [0, 0.1) is 10.1 Å². The maximum Gasteiger partial charge on any atom is 0.432 e. The Hall–Kier alpha value is -3.68. The molecule has 0 amide bonds. The molecule has 2 aromatic carbocycles. The Balaban J connectivity index is 0.000000180. The van der Waals surface area contributed by atoms with Gasteiger partial charge < -0.3 is 21.6 Å². The van der Waals surface area contributed by atoms with Crippen LogP contribution in [0.2, 0.25) is 0 Å². The van der Waals surface area contributed by atoms with Crippen LogP contribution in [0.4, 0.5) is 17.3 Å². The van der Waals surface area contributed by atoms with E-state index in [0.717, 1.165) is 23.2 Å². The Morgan fingerprint density at radius 1 is 1.00 bits per heavy atom. The number of aromatic amines is 1. The summed E-state index contributed by atoms with van der Waals surface area (Å²) >= 11 is 0. The average molecular weight is 327 g/mol. The Morgan fingerprint density at radius 3 is 1.83 bits per heavy atom. The SMILES string of the molecule is Nc1ccc(N)cc1.O=Cc1ccccc1.O=[N+]([O-])c1ncc[nH]1. The minimum absolute atomic E-state index is 0.218. The molecular weight excluding hydrogens is 310 g/mol. The number of carbonyl (C=O) groups is 1. The number of aromatic nitrogens is 2. The van der Waals surface area contributed by atoms with Gasteiger partial charge in [0, 0.05) is 16.9 Å². The summed E-state index contributed by atoms with van der Waals surface area (Å²) in [7, 11) is 0. The second-order valence-corrected chi connectivity index (χ2v) is 4.37. The quantitative estimate of drug-likeness (QED) is 0.286. The van der Waals surface area contributed by atoms with Gasteiger partial charge in [-0.3, -0.25) is 4.79 Å². The van der Waals surface area contributed by atoms with Crippen molar-refractivity contribution in [3.63, 3.8) is 0 Å². The molecule has 0 atom stereocenters. The van der Waals surface area contributed by atoms with Crippen molar-refractivity contribution >= 4 is 23.6 Å². The van der Waals surface area contributed by atoms with Crippen LogP contribution in [-0.4, -0.2) is 21.2 Å². The van der Waals surface area contributed by atoms with E-state index >= 15 is 0 Å². The van der Waals surface area contributed by atoms with Crippen LogP contribution in [-0.2, 0) is 0 Å². The van der Waals surface area contributed by atoms with E-state index in [2.05, 4.69) is 9.97 Å². The first-order valence-corrected chi connectivity index (χ1v) is 6.78. The van der Waals surface area contributed by atoms with Gasteiger partial charge in [-0.1, -0.05) is 35.3 Å². The molecule has 0 fully saturated rings. The summed E-state index contributed by atoms with van der Waals surface area (Å²) in [5.74, 6) is -0.218. The van der Waals surface area contributed by atoms with E-state index in [0.29, 0.717) is 0 Å². The van der Waals surface area contributed by atoms with Gasteiger partial charge in [0.15, 0.2) is 0 Å². The predicted octanol–water partition coefficient (Wildman–Crippen LogP) is 2.67. The molecule has 124 valence electrons. The molecule has 0 saturated carbocycles. The van der Waals surface area contributed by atoms with Gasteiger partial charge in [-0.05, 0) is 29.2 Å². The maximum atomic E-state index is 10.0. The highest BCUT2D eigenvalue weighted by Gasteiger charge is 2.01. The number of nitrogen functional groups attached to an aromatic ring is 2. The second kappa shape index (κ2) is 10.1. The lowest BCUT2D eigenvalue weighted by Gasteiger charge is -1.90. The molecule has 24 heavy (non-hydrogen) atoms. The summed E-state index contributed by atoms with van der Waals surface area (Å²) in [5.41, 5.74) is 13.0. The number of nitrogens with one attached hydrogen (secondary N) is 1. The zero-order chi connectivity index (χ0) is 17.8.